The number of carboxylic acid groups (broad SMARTS) is 1. The Morgan fingerprint density at radius 3 is 2.43 bits per heavy atom. The fraction of sp³-hybridized carbons (Fsp3) is 0.588. The lowest BCUT2D eigenvalue weighted by atomic mass is 9.78. The third kappa shape index (κ3) is 3.04. The summed E-state index contributed by atoms with van der Waals surface area (Å²) in [5.74, 6) is -2.29. The fourth-order valence-electron chi connectivity index (χ4n) is 3.81. The quantitative estimate of drug-likeness (QED) is 0.827. The summed E-state index contributed by atoms with van der Waals surface area (Å²) in [5.41, 5.74) is 1.72. The molecule has 0 bridgehead atoms. The van der Waals surface area contributed by atoms with E-state index in [1.54, 1.807) is 0 Å². The molecule has 1 fully saturated rings. The number of carbonyl (C=O) groups excluding carboxylic acids is 2. The van der Waals surface area contributed by atoms with E-state index >= 15 is 0 Å². The molecule has 5 nitrogen and oxygen atoms in total. The van der Waals surface area contributed by atoms with Crippen molar-refractivity contribution < 1.29 is 19.5 Å². The van der Waals surface area contributed by atoms with Crippen LogP contribution in [-0.4, -0.2) is 22.8 Å². The molecule has 2 aliphatic carbocycles. The molecule has 1 saturated carbocycles. The Balaban J connectivity index is 1.83. The van der Waals surface area contributed by atoms with E-state index < -0.39 is 17.8 Å². The Labute approximate surface area is 139 Å². The number of carbonyl (C=O) groups is 3. The van der Waals surface area contributed by atoms with Crippen molar-refractivity contribution >= 4 is 34.0 Å². The van der Waals surface area contributed by atoms with Crippen LogP contribution in [0.15, 0.2) is 0 Å². The second kappa shape index (κ2) is 6.43. The van der Waals surface area contributed by atoms with Gasteiger partial charge in [0, 0.05) is 4.88 Å². The van der Waals surface area contributed by atoms with Gasteiger partial charge in [-0.25, -0.2) is 0 Å². The molecule has 124 valence electrons. The number of amides is 1. The van der Waals surface area contributed by atoms with Crippen LogP contribution >= 0.6 is 11.3 Å². The average molecular weight is 335 g/mol. The first kappa shape index (κ1) is 16.2. The molecule has 1 amide bonds. The number of carboxylic acids is 1. The number of nitrogens with one attached hydrogen (secondary N) is 1. The zero-order valence-corrected chi connectivity index (χ0v) is 14.0. The van der Waals surface area contributed by atoms with Gasteiger partial charge in [-0.05, 0) is 44.6 Å². The Morgan fingerprint density at radius 2 is 1.78 bits per heavy atom. The van der Waals surface area contributed by atoms with E-state index in [1.807, 2.05) is 0 Å². The summed E-state index contributed by atoms with van der Waals surface area (Å²) in [7, 11) is 0. The van der Waals surface area contributed by atoms with Crippen molar-refractivity contribution in [3.63, 3.8) is 0 Å². The molecule has 1 aromatic heterocycles. The highest BCUT2D eigenvalue weighted by atomic mass is 32.1. The molecule has 0 spiro atoms. The standard InChI is InChI=1S/C17H21NO4S/c1-9(19)14-12-7-4-8-13(12)23-16(14)18-15(20)10-5-2-3-6-11(10)17(21)22/h10-11H,2-8H2,1H3,(H,18,20)(H,21,22). The summed E-state index contributed by atoms with van der Waals surface area (Å²) < 4.78 is 0. The number of ketones is 1. The Kier molecular flexibility index (Phi) is 4.53. The van der Waals surface area contributed by atoms with Crippen molar-refractivity contribution in [1.82, 2.24) is 0 Å². The number of Topliss-reactive ketones (excluding diaryl/α,β-unsaturated/α-hetero) is 1. The van der Waals surface area contributed by atoms with Gasteiger partial charge in [0.25, 0.3) is 0 Å². The van der Waals surface area contributed by atoms with Crippen LogP contribution < -0.4 is 5.32 Å². The van der Waals surface area contributed by atoms with Gasteiger partial charge in [-0.2, -0.15) is 0 Å². The van der Waals surface area contributed by atoms with Crippen molar-refractivity contribution in [3.05, 3.63) is 16.0 Å². The normalized spacial score (nSPS) is 23.3. The average Bonchev–Trinajstić information content (AvgIpc) is 3.06. The summed E-state index contributed by atoms with van der Waals surface area (Å²) >= 11 is 1.48. The first-order chi connectivity index (χ1) is 11.0. The van der Waals surface area contributed by atoms with E-state index in [1.165, 1.54) is 23.1 Å². The number of hydrogen-bond donors (Lipinski definition) is 2. The van der Waals surface area contributed by atoms with Crippen LogP contribution in [0.3, 0.4) is 0 Å². The number of thiophene rings is 1. The summed E-state index contributed by atoms with van der Waals surface area (Å²) in [4.78, 5) is 37.1. The van der Waals surface area contributed by atoms with E-state index in [9.17, 15) is 19.5 Å². The maximum Gasteiger partial charge on any atom is 0.307 e. The molecule has 23 heavy (non-hydrogen) atoms. The second-order valence-corrected chi connectivity index (χ2v) is 7.55. The first-order valence-corrected chi connectivity index (χ1v) is 9.00. The minimum absolute atomic E-state index is 0.0295. The van der Waals surface area contributed by atoms with Gasteiger partial charge in [-0.15, -0.1) is 11.3 Å². The highest BCUT2D eigenvalue weighted by Crippen LogP contribution is 2.40. The summed E-state index contributed by atoms with van der Waals surface area (Å²) in [5, 5.41) is 12.8. The number of rotatable bonds is 4. The highest BCUT2D eigenvalue weighted by Gasteiger charge is 2.36. The van der Waals surface area contributed by atoms with Gasteiger partial charge in [0.15, 0.2) is 5.78 Å². The van der Waals surface area contributed by atoms with Gasteiger partial charge in [0.2, 0.25) is 5.91 Å². The predicted molar refractivity (Wildman–Crippen MR) is 88.1 cm³/mol. The molecule has 2 atom stereocenters. The van der Waals surface area contributed by atoms with Crippen LogP contribution in [0.25, 0.3) is 0 Å². The summed E-state index contributed by atoms with van der Waals surface area (Å²) in [6.07, 6.45) is 5.78. The number of anilines is 1. The number of fused-ring (bicyclic) bond motifs is 1. The molecule has 0 saturated heterocycles. The molecular formula is C17H21NO4S. The molecule has 2 aliphatic rings. The predicted octanol–water partition coefficient (Wildman–Crippen LogP) is 3.27. The van der Waals surface area contributed by atoms with Crippen molar-refractivity contribution in [2.24, 2.45) is 11.8 Å². The molecule has 3 rings (SSSR count). The van der Waals surface area contributed by atoms with Gasteiger partial charge in [-0.1, -0.05) is 12.8 Å². The third-order valence-electron chi connectivity index (χ3n) is 4.93. The number of hydrogen-bond acceptors (Lipinski definition) is 4. The van der Waals surface area contributed by atoms with Gasteiger partial charge < -0.3 is 10.4 Å². The van der Waals surface area contributed by atoms with Gasteiger partial charge in [0.1, 0.15) is 5.00 Å². The maximum absolute atomic E-state index is 12.6. The first-order valence-electron chi connectivity index (χ1n) is 8.18. The topological polar surface area (TPSA) is 83.5 Å². The maximum atomic E-state index is 12.6. The van der Waals surface area contributed by atoms with Crippen LogP contribution in [0.1, 0.15) is 59.8 Å². The Hall–Kier alpha value is -1.69. The molecular weight excluding hydrogens is 314 g/mol. The lowest BCUT2D eigenvalue weighted by molar-refractivity contribution is -0.147. The van der Waals surface area contributed by atoms with Crippen LogP contribution in [0.2, 0.25) is 0 Å². The molecule has 1 aromatic rings. The minimum atomic E-state index is -0.898. The second-order valence-electron chi connectivity index (χ2n) is 6.44. The monoisotopic (exact) mass is 335 g/mol. The van der Waals surface area contributed by atoms with E-state index in [4.69, 9.17) is 0 Å². The molecule has 0 aliphatic heterocycles. The lowest BCUT2D eigenvalue weighted by Gasteiger charge is -2.27. The van der Waals surface area contributed by atoms with E-state index in [-0.39, 0.29) is 11.7 Å². The molecule has 2 unspecified atom stereocenters. The van der Waals surface area contributed by atoms with E-state index in [0.717, 1.165) is 37.7 Å². The van der Waals surface area contributed by atoms with Crippen molar-refractivity contribution in [2.75, 3.05) is 5.32 Å². The Morgan fingerprint density at radius 1 is 1.09 bits per heavy atom. The zero-order valence-electron chi connectivity index (χ0n) is 13.2. The minimum Gasteiger partial charge on any atom is -0.481 e. The zero-order chi connectivity index (χ0) is 16.6. The highest BCUT2D eigenvalue weighted by molar-refractivity contribution is 7.17. The van der Waals surface area contributed by atoms with Crippen molar-refractivity contribution in [2.45, 2.75) is 51.9 Å². The van der Waals surface area contributed by atoms with Crippen molar-refractivity contribution in [1.29, 1.82) is 0 Å². The van der Waals surface area contributed by atoms with Crippen LogP contribution in [-0.2, 0) is 22.4 Å². The van der Waals surface area contributed by atoms with E-state index in [0.29, 0.717) is 23.4 Å². The Bertz CT molecular complexity index is 664. The van der Waals surface area contributed by atoms with Gasteiger partial charge in [-0.3, -0.25) is 14.4 Å². The molecule has 0 radical (unpaired) electrons. The van der Waals surface area contributed by atoms with Gasteiger partial charge in [0.05, 0.1) is 17.4 Å². The molecule has 0 aromatic carbocycles. The number of aliphatic carboxylic acids is 1. The molecule has 6 heteroatoms. The number of aryl methyl sites for hydroxylation is 1. The third-order valence-corrected chi connectivity index (χ3v) is 6.14. The van der Waals surface area contributed by atoms with Crippen LogP contribution in [0.4, 0.5) is 5.00 Å². The summed E-state index contributed by atoms with van der Waals surface area (Å²) in [6.45, 7) is 1.52. The van der Waals surface area contributed by atoms with E-state index in [2.05, 4.69) is 5.32 Å². The largest absolute Gasteiger partial charge is 0.481 e. The van der Waals surface area contributed by atoms with Crippen molar-refractivity contribution in [3.8, 4) is 0 Å². The SMILES string of the molecule is CC(=O)c1c(NC(=O)C2CCCCC2C(=O)O)sc2c1CCC2. The summed E-state index contributed by atoms with van der Waals surface area (Å²) in [6, 6.07) is 0. The lowest BCUT2D eigenvalue weighted by Crippen LogP contribution is -2.36. The fourth-order valence-corrected chi connectivity index (χ4v) is 5.15. The van der Waals surface area contributed by atoms with Gasteiger partial charge >= 0.3 is 5.97 Å². The molecule has 2 N–H and O–H groups in total. The smallest absolute Gasteiger partial charge is 0.307 e. The molecule has 1 heterocycles. The van der Waals surface area contributed by atoms with Crippen LogP contribution in [0.5, 0.6) is 0 Å². The van der Waals surface area contributed by atoms with Crippen LogP contribution in [0, 0.1) is 11.8 Å².